The Morgan fingerprint density at radius 2 is 0.294 bits per heavy atom. The minimum Gasteiger partial charge on any atom is -0.778 e. The summed E-state index contributed by atoms with van der Waals surface area (Å²) >= 11 is 0. The van der Waals surface area contributed by atoms with Gasteiger partial charge in [-0.3, -0.25) is 0 Å². The van der Waals surface area contributed by atoms with Crippen molar-refractivity contribution in [3.05, 3.63) is 0 Å². The van der Waals surface area contributed by atoms with Crippen molar-refractivity contribution in [2.45, 2.75) is 427 Å². The van der Waals surface area contributed by atoms with Crippen LogP contribution in [0.2, 0.25) is 0 Å². The van der Waals surface area contributed by atoms with Crippen LogP contribution >= 0.6 is 22.8 Å². The molecule has 1 radical (unpaired) electrons. The third-order valence-electron chi connectivity index (χ3n) is 16.7. The first-order valence-electron chi connectivity index (χ1n) is 37.7. The summed E-state index contributed by atoms with van der Waals surface area (Å²) in [6.45, 7) is 14.6. The standard InChI is InChI=1S/3C24H51O3P.Fe/c3*1-3-5-7-9-11-13-15-17-19-21-23-27-28(25,26)24-22-20-18-16-14-12-10-8-6-4-2;/h3*3-24H2,1-2H3,(H,25,26);/q;;;+3/p-3. The van der Waals surface area contributed by atoms with E-state index in [0.29, 0.717) is 19.8 Å². The van der Waals surface area contributed by atoms with Crippen molar-refractivity contribution in [2.24, 2.45) is 0 Å². The molecule has 13 heteroatoms. The molecule has 0 fully saturated rings. The van der Waals surface area contributed by atoms with Gasteiger partial charge in [0.1, 0.15) is 22.8 Å². The van der Waals surface area contributed by atoms with Crippen LogP contribution in [0.4, 0.5) is 0 Å². The summed E-state index contributed by atoms with van der Waals surface area (Å²) < 4.78 is 51.3. The second-order valence-corrected chi connectivity index (χ2v) is 31.4. The van der Waals surface area contributed by atoms with Crippen LogP contribution in [-0.4, -0.2) is 38.3 Å². The third-order valence-corrected chi connectivity index (χ3v) is 21.0. The molecule has 0 bridgehead atoms. The van der Waals surface area contributed by atoms with Gasteiger partial charge < -0.3 is 41.9 Å². The normalized spacial score (nSPS) is 13.5. The van der Waals surface area contributed by atoms with Crippen LogP contribution < -0.4 is 14.7 Å². The molecule has 0 N–H and O–H groups in total. The molecule has 9 nitrogen and oxygen atoms in total. The first-order valence-corrected chi connectivity index (χ1v) is 42.9. The Kier molecular flexibility index (Phi) is 84.1. The van der Waals surface area contributed by atoms with E-state index in [9.17, 15) is 28.4 Å². The van der Waals surface area contributed by atoms with E-state index in [1.807, 2.05) is 0 Å². The Labute approximate surface area is 543 Å². The van der Waals surface area contributed by atoms with Gasteiger partial charge in [0.2, 0.25) is 0 Å². The summed E-state index contributed by atoms with van der Waals surface area (Å²) in [6.07, 6.45) is 74.9. The van der Waals surface area contributed by atoms with E-state index in [-0.39, 0.29) is 35.6 Å². The zero-order valence-electron chi connectivity index (χ0n) is 58.0. The Morgan fingerprint density at radius 3 is 0.424 bits per heavy atom. The second-order valence-electron chi connectivity index (χ2n) is 25.6. The quantitative estimate of drug-likeness (QED) is 0.0330. The molecule has 515 valence electrons. The van der Waals surface area contributed by atoms with Crippen molar-refractivity contribution in [3.8, 4) is 0 Å². The number of rotatable bonds is 69. The van der Waals surface area contributed by atoms with E-state index in [2.05, 4.69) is 41.5 Å². The van der Waals surface area contributed by atoms with Crippen LogP contribution in [0, 0.1) is 0 Å². The van der Waals surface area contributed by atoms with Crippen LogP contribution in [0.15, 0.2) is 0 Å². The topological polar surface area (TPSA) is 148 Å². The van der Waals surface area contributed by atoms with Gasteiger partial charge in [0, 0.05) is 18.5 Å². The molecule has 3 atom stereocenters. The molecule has 85 heavy (non-hydrogen) atoms. The van der Waals surface area contributed by atoms with Crippen molar-refractivity contribution in [2.75, 3.05) is 38.3 Å². The maximum absolute atomic E-state index is 11.9. The Bertz CT molecular complexity index is 1200. The predicted molar refractivity (Wildman–Crippen MR) is 366 cm³/mol. The fourth-order valence-electron chi connectivity index (χ4n) is 11.0. The SMILES string of the molecule is CCCCCCCCCCCCOP(=O)([O-])CCCCCCCCCCCC.CCCCCCCCCCCCOP(=O)([O-])CCCCCCCCCCCC.CCCCCCCCCCCCOP(=O)([O-])CCCCCCCCCCCC.[Fe+3]. The van der Waals surface area contributed by atoms with Gasteiger partial charge in [0.05, 0.1) is 19.8 Å². The summed E-state index contributed by atoms with van der Waals surface area (Å²) in [5, 5.41) is 0. The maximum atomic E-state index is 11.9. The van der Waals surface area contributed by atoms with Gasteiger partial charge >= 0.3 is 17.1 Å². The van der Waals surface area contributed by atoms with Crippen molar-refractivity contribution in [1.29, 1.82) is 0 Å². The van der Waals surface area contributed by atoms with Crippen LogP contribution in [0.3, 0.4) is 0 Å². The van der Waals surface area contributed by atoms with Gasteiger partial charge in [-0.2, -0.15) is 0 Å². The fraction of sp³-hybridized carbons (Fsp3) is 1.00. The molecule has 0 spiro atoms. The molecule has 0 aromatic rings. The van der Waals surface area contributed by atoms with Gasteiger partial charge in [-0.05, 0) is 38.5 Å². The first-order chi connectivity index (χ1) is 40.9. The van der Waals surface area contributed by atoms with E-state index in [4.69, 9.17) is 13.6 Å². The molecule has 0 aromatic carbocycles. The molecule has 0 aliphatic rings. The average Bonchev–Trinajstić information content (AvgIpc) is 3.52. The van der Waals surface area contributed by atoms with Gasteiger partial charge in [0.25, 0.3) is 0 Å². The summed E-state index contributed by atoms with van der Waals surface area (Å²) in [7, 11) is -10.8. The van der Waals surface area contributed by atoms with Crippen LogP contribution in [-0.2, 0) is 44.3 Å². The smallest absolute Gasteiger partial charge is 0.778 e. The molecular formula is C72H150FeO9P3. The third kappa shape index (κ3) is 87.1. The Balaban J connectivity index is -0.000000576. The van der Waals surface area contributed by atoms with E-state index in [1.54, 1.807) is 0 Å². The monoisotopic (exact) mass is 1310 g/mol. The van der Waals surface area contributed by atoms with Gasteiger partial charge in [-0.25, -0.2) is 0 Å². The summed E-state index contributed by atoms with van der Waals surface area (Å²) in [6, 6.07) is 0. The molecule has 3 unspecified atom stereocenters. The van der Waals surface area contributed by atoms with E-state index in [1.165, 1.54) is 289 Å². The fourth-order valence-corrected chi connectivity index (χ4v) is 14.4. The summed E-state index contributed by atoms with van der Waals surface area (Å²) in [5.41, 5.74) is 0. The van der Waals surface area contributed by atoms with Gasteiger partial charge in [0.15, 0.2) is 0 Å². The first kappa shape index (κ1) is 92.4. The van der Waals surface area contributed by atoms with Gasteiger partial charge in [-0.15, -0.1) is 0 Å². The van der Waals surface area contributed by atoms with Crippen molar-refractivity contribution in [3.63, 3.8) is 0 Å². The van der Waals surface area contributed by atoms with E-state index < -0.39 is 22.8 Å². The molecule has 0 heterocycles. The number of unbranched alkanes of at least 4 members (excludes halogenated alkanes) is 54. The van der Waals surface area contributed by atoms with E-state index >= 15 is 0 Å². The second kappa shape index (κ2) is 77.4. The van der Waals surface area contributed by atoms with Crippen LogP contribution in [0.1, 0.15) is 427 Å². The van der Waals surface area contributed by atoms with Crippen LogP contribution in [0.25, 0.3) is 0 Å². The zero-order chi connectivity index (χ0) is 62.3. The summed E-state index contributed by atoms with van der Waals surface area (Å²) in [4.78, 5) is 35.8. The molecule has 0 saturated heterocycles. The van der Waals surface area contributed by atoms with Crippen molar-refractivity contribution < 1.29 is 59.0 Å². The average molecular weight is 1310 g/mol. The molecular weight excluding hydrogens is 1160 g/mol. The molecule has 0 aliphatic carbocycles. The van der Waals surface area contributed by atoms with Crippen molar-refractivity contribution >= 4 is 22.8 Å². The molecule has 0 amide bonds. The minimum atomic E-state index is -3.59. The Hall–Kier alpha value is 0.969. The number of hydrogen-bond acceptors (Lipinski definition) is 9. The molecule has 0 aromatic heterocycles. The molecule has 0 saturated carbocycles. The molecule has 0 aliphatic heterocycles. The zero-order valence-corrected chi connectivity index (χ0v) is 61.8. The van der Waals surface area contributed by atoms with Crippen LogP contribution in [0.5, 0.6) is 0 Å². The summed E-state index contributed by atoms with van der Waals surface area (Å²) in [5.74, 6) is 0. The largest absolute Gasteiger partial charge is 3.00 e. The molecule has 0 rings (SSSR count). The van der Waals surface area contributed by atoms with Crippen molar-refractivity contribution in [1.82, 2.24) is 0 Å². The minimum absolute atomic E-state index is 0. The Morgan fingerprint density at radius 1 is 0.188 bits per heavy atom. The number of hydrogen-bond donors (Lipinski definition) is 0. The van der Waals surface area contributed by atoms with Gasteiger partial charge in [-0.1, -0.05) is 388 Å². The van der Waals surface area contributed by atoms with E-state index in [0.717, 1.165) is 96.3 Å². The maximum Gasteiger partial charge on any atom is 3.00 e. The predicted octanol–water partition coefficient (Wildman–Crippen LogP) is 25.2.